The summed E-state index contributed by atoms with van der Waals surface area (Å²) >= 11 is 0.719. The van der Waals surface area contributed by atoms with E-state index in [1.165, 1.54) is 80.4 Å². The predicted octanol–water partition coefficient (Wildman–Crippen LogP) is -7.70. The summed E-state index contributed by atoms with van der Waals surface area (Å²) in [6.45, 7) is -2.36. The van der Waals surface area contributed by atoms with E-state index in [4.69, 9.17) is 28.0 Å². The monoisotopic (exact) mass is 1640 g/mol. The van der Waals surface area contributed by atoms with Crippen LogP contribution >= 0.6 is 11.8 Å². The van der Waals surface area contributed by atoms with E-state index in [2.05, 4.69) is 99.4 Å². The Morgan fingerprint density at radius 2 is 1.06 bits per heavy atom. The van der Waals surface area contributed by atoms with Gasteiger partial charge in [0.25, 0.3) is 0 Å². The Balaban J connectivity index is 1.29. The number of aliphatic hydroxyl groups excluding tert-OH is 2. The van der Waals surface area contributed by atoms with Gasteiger partial charge >= 0.3 is 0 Å². The molecule has 0 bridgehead atoms. The number of amides is 14. The molecule has 14 amide bonds. The fraction of sp³-hybridized carbons (Fsp3) is 0.438. The number of nitrogens with two attached hydrogens (primary N) is 3. The lowest BCUT2D eigenvalue weighted by Crippen LogP contribution is -2.61. The molecule has 0 spiro atoms. The standard InChI is InChI=1S/C73H100N26O17S/c1-4-47-63(108)93-50(23-41-12-7-11-40-10-5-6-13-46(40)41)65(110)94-51(24-42-27-79-36-86-42)61(106)85-31-59(104)88-54(32-100)69(114)92-49(15-9-21-83-73(77)78)71(116)99(3)57(22-39-16-18-45(102)19-17-39)70(115)96-52(25-43-28-80-37-87-43)66(111)91-48(14-8-20-82-72(75)76)64(109)95-53(26-44-29-81-38-98(44)2)67(112)97-56(62(107)84-30-58(74)103)34-117-35-60(105)89-55(33-101)68(113)90-47/h5-7,10-13,16-19,27-29,36-38,47-57,100-102H,4,8-9,14-15,20-26,30-35H2,1-3H3,(H2,74,103)(H,79,86)(H,80,87)(H,84,107)(H,85,106)(H,88,104)(H,89,105)(H,90,113)(H,91,111)(H,92,114)(H,93,108)(H,94,110)(H,95,109)(H,96,115)(H,97,112)(H4,75,76,82)(H4,77,78,83). The largest absolute Gasteiger partial charge is 0.508 e. The molecule has 43 nitrogen and oxygen atoms in total. The molecule has 630 valence electrons. The van der Waals surface area contributed by atoms with Gasteiger partial charge < -0.3 is 126 Å². The molecule has 3 aromatic heterocycles. The highest BCUT2D eigenvalue weighted by atomic mass is 32.2. The fourth-order valence-corrected chi connectivity index (χ4v) is 13.1. The highest BCUT2D eigenvalue weighted by Gasteiger charge is 2.39. The third kappa shape index (κ3) is 29.0. The number of hydrogen-bond donors (Lipinski definition) is 24. The number of H-pyrrole nitrogens is 2. The zero-order chi connectivity index (χ0) is 85.3. The number of aromatic amines is 2. The first kappa shape index (κ1) is 90.9. The number of phenols is 1. The number of aliphatic hydroxyl groups is 2. The Labute approximate surface area is 674 Å². The lowest BCUT2D eigenvalue weighted by atomic mass is 9.97. The maximum Gasteiger partial charge on any atom is 0.245 e. The minimum absolute atomic E-state index is 0.00291. The Morgan fingerprint density at radius 1 is 0.556 bits per heavy atom. The van der Waals surface area contributed by atoms with Gasteiger partial charge in [-0.1, -0.05) is 61.5 Å². The van der Waals surface area contributed by atoms with Crippen LogP contribution in [0.3, 0.4) is 0 Å². The van der Waals surface area contributed by atoms with Crippen molar-refractivity contribution in [1.82, 2.24) is 109 Å². The van der Waals surface area contributed by atoms with E-state index in [-0.39, 0.29) is 88.0 Å². The molecular formula is C73H100N26O17S. The number of nitrogens with zero attached hydrogens (tertiary/aromatic N) is 5. The van der Waals surface area contributed by atoms with Crippen molar-refractivity contribution in [3.8, 4) is 5.75 Å². The molecule has 3 aromatic carbocycles. The van der Waals surface area contributed by atoms with Gasteiger partial charge in [0.2, 0.25) is 82.7 Å². The van der Waals surface area contributed by atoms with E-state index >= 15 is 19.2 Å². The molecule has 4 heterocycles. The first-order valence-electron chi connectivity index (χ1n) is 37.2. The summed E-state index contributed by atoms with van der Waals surface area (Å²) in [6.07, 6.45) is 5.81. The van der Waals surface area contributed by atoms with Crippen molar-refractivity contribution in [2.75, 3.05) is 57.9 Å². The number of likely N-dealkylation sites (N-methyl/N-ethyl adjacent to an activating group) is 1. The van der Waals surface area contributed by atoms with Gasteiger partial charge in [0.05, 0.1) is 62.4 Å². The maximum atomic E-state index is 15.3. The summed E-state index contributed by atoms with van der Waals surface area (Å²) in [4.78, 5) is 220. The van der Waals surface area contributed by atoms with Gasteiger partial charge in [-0.05, 0) is 66.1 Å². The molecule has 1 aliphatic rings. The number of aromatic hydroxyl groups is 1. The SMILES string of the molecule is CCC1NC(=O)C(CO)NC(=O)CSCC(C(=O)NCC(N)=O)NC(=O)C(Cc2cncn2C)NC(=O)C(CCCNC(=N)N)NC(=O)C(Cc2c[nH]cn2)NC(=O)C(Cc2ccc(O)cc2)N(C)C(=O)C(CCCNC(=N)N)NC(=O)C(CO)NC(=O)CNC(=O)C(Cc2c[nH]cn2)NC(=O)C(Cc2cccc3ccccc23)NC1=O. The highest BCUT2D eigenvalue weighted by molar-refractivity contribution is 8.00. The summed E-state index contributed by atoms with van der Waals surface area (Å²) in [6, 6.07) is -0.196. The number of hydrogen-bond acceptors (Lipinski definition) is 23. The molecular weight excluding hydrogens is 1550 g/mol. The number of carbonyl (C=O) groups is 14. The minimum atomic E-state index is -1.86. The minimum Gasteiger partial charge on any atom is -0.508 e. The van der Waals surface area contributed by atoms with Crippen LogP contribution in [0.5, 0.6) is 5.75 Å². The van der Waals surface area contributed by atoms with Gasteiger partial charge in [0.15, 0.2) is 11.9 Å². The number of thioether (sulfide) groups is 1. The second-order valence-corrected chi connectivity index (χ2v) is 28.3. The van der Waals surface area contributed by atoms with Gasteiger partial charge in [-0.15, -0.1) is 11.8 Å². The summed E-state index contributed by atoms with van der Waals surface area (Å²) in [5.74, 6) is -16.4. The van der Waals surface area contributed by atoms with E-state index < -0.39 is 205 Å². The number of imidazole rings is 3. The molecule has 27 N–H and O–H groups in total. The van der Waals surface area contributed by atoms with E-state index in [9.17, 15) is 63.3 Å². The molecule has 1 fully saturated rings. The predicted molar refractivity (Wildman–Crippen MR) is 422 cm³/mol. The molecule has 0 saturated carbocycles. The van der Waals surface area contributed by atoms with Crippen molar-refractivity contribution in [3.63, 3.8) is 0 Å². The Kier molecular flexibility index (Phi) is 35.4. The number of guanidine groups is 2. The van der Waals surface area contributed by atoms with Gasteiger partial charge in [0, 0.05) is 89.3 Å². The molecule has 11 unspecified atom stereocenters. The summed E-state index contributed by atoms with van der Waals surface area (Å²) in [7, 11) is 2.78. The molecule has 0 radical (unpaired) electrons. The molecule has 117 heavy (non-hydrogen) atoms. The number of phenolic OH excluding ortho intramolecular Hbond substituents is 1. The van der Waals surface area contributed by atoms with Crippen LogP contribution in [-0.2, 0) is 106 Å². The number of primary amides is 1. The molecule has 1 saturated heterocycles. The van der Waals surface area contributed by atoms with E-state index in [1.54, 1.807) is 37.4 Å². The smallest absolute Gasteiger partial charge is 0.245 e. The summed E-state index contributed by atoms with van der Waals surface area (Å²) < 4.78 is 1.51. The van der Waals surface area contributed by atoms with Crippen LogP contribution in [0.2, 0.25) is 0 Å². The number of nitrogens with one attached hydrogen (secondary N) is 18. The van der Waals surface area contributed by atoms with E-state index in [1.807, 2.05) is 12.1 Å². The van der Waals surface area contributed by atoms with E-state index in [0.29, 0.717) is 22.2 Å². The Bertz CT molecular complexity index is 4450. The number of carbonyl (C=O) groups excluding carboxylic acids is 14. The van der Waals surface area contributed by atoms with Crippen molar-refractivity contribution in [1.29, 1.82) is 10.8 Å². The van der Waals surface area contributed by atoms with Crippen LogP contribution in [-0.4, -0.2) is 269 Å². The van der Waals surface area contributed by atoms with Crippen LogP contribution in [0.15, 0.2) is 104 Å². The van der Waals surface area contributed by atoms with Crippen LogP contribution in [0, 0.1) is 10.8 Å². The van der Waals surface area contributed by atoms with Crippen molar-refractivity contribution in [2.24, 2.45) is 24.2 Å². The molecule has 44 heteroatoms. The number of benzene rings is 3. The van der Waals surface area contributed by atoms with Gasteiger partial charge in [-0.25, -0.2) is 15.0 Å². The normalized spacial score (nSPS) is 22.2. The molecule has 11 atom stereocenters. The zero-order valence-corrected chi connectivity index (χ0v) is 65.1. The van der Waals surface area contributed by atoms with Crippen LogP contribution in [0.4, 0.5) is 0 Å². The molecule has 0 aliphatic carbocycles. The lowest BCUT2D eigenvalue weighted by molar-refractivity contribution is -0.143. The first-order valence-corrected chi connectivity index (χ1v) is 38.3. The average Bonchev–Trinajstić information content (AvgIpc) is 0.926. The van der Waals surface area contributed by atoms with Crippen molar-refractivity contribution in [3.05, 3.63) is 133 Å². The number of rotatable bonds is 24. The van der Waals surface area contributed by atoms with Crippen molar-refractivity contribution in [2.45, 2.75) is 138 Å². The first-order chi connectivity index (χ1) is 55.9. The fourth-order valence-electron chi connectivity index (χ4n) is 12.2. The second kappa shape index (κ2) is 45.6. The van der Waals surface area contributed by atoms with E-state index in [0.717, 1.165) is 22.0 Å². The second-order valence-electron chi connectivity index (χ2n) is 27.3. The molecule has 7 rings (SSSR count). The van der Waals surface area contributed by atoms with Crippen molar-refractivity contribution < 1.29 is 82.4 Å². The topological polar surface area (TPSA) is 672 Å². The van der Waals surface area contributed by atoms with Gasteiger partial charge in [-0.2, -0.15) is 0 Å². The number of aryl methyl sites for hydroxylation is 1. The Morgan fingerprint density at radius 3 is 1.62 bits per heavy atom. The third-order valence-electron chi connectivity index (χ3n) is 18.5. The van der Waals surface area contributed by atoms with Gasteiger partial charge in [-0.3, -0.25) is 77.9 Å². The molecule has 1 aliphatic heterocycles. The summed E-state index contributed by atoms with van der Waals surface area (Å²) in [5.41, 5.74) is 18.2. The van der Waals surface area contributed by atoms with Crippen LogP contribution in [0.25, 0.3) is 10.8 Å². The zero-order valence-electron chi connectivity index (χ0n) is 64.3. The highest BCUT2D eigenvalue weighted by Crippen LogP contribution is 2.22. The summed E-state index contributed by atoms with van der Waals surface area (Å²) in [5, 5.41) is 84.0. The molecule has 6 aromatic rings. The van der Waals surface area contributed by atoms with Crippen LogP contribution in [0.1, 0.15) is 67.2 Å². The van der Waals surface area contributed by atoms with Crippen molar-refractivity contribution >= 4 is 117 Å². The van der Waals surface area contributed by atoms with Gasteiger partial charge in [0.1, 0.15) is 72.2 Å². The maximum absolute atomic E-state index is 15.3. The average molecular weight is 1650 g/mol. The third-order valence-corrected chi connectivity index (χ3v) is 19.6. The number of fused-ring (bicyclic) bond motifs is 1. The lowest BCUT2D eigenvalue weighted by Gasteiger charge is -2.33. The van der Waals surface area contributed by atoms with Crippen LogP contribution < -0.4 is 91.6 Å². The Hall–Kier alpha value is -13.3. The number of aromatic nitrogens is 6. The quantitative estimate of drug-likeness (QED) is 0.0152.